The van der Waals surface area contributed by atoms with Gasteiger partial charge in [0.05, 0.1) is 0 Å². The Morgan fingerprint density at radius 3 is 2.76 bits per heavy atom. The van der Waals surface area contributed by atoms with Crippen LogP contribution in [0.15, 0.2) is 67.1 Å². The number of benzene rings is 2. The molecule has 0 aliphatic carbocycles. The van der Waals surface area contributed by atoms with Crippen molar-refractivity contribution in [1.82, 2.24) is 20.3 Å². The Labute approximate surface area is 169 Å². The number of aryl methyl sites for hydroxylation is 1. The van der Waals surface area contributed by atoms with E-state index < -0.39 is 0 Å². The number of aromatic amines is 1. The number of fused-ring (bicyclic) bond motifs is 1. The van der Waals surface area contributed by atoms with Gasteiger partial charge in [0.15, 0.2) is 0 Å². The standard InChI is InChI=1S/C23H23N5O/c1-2-16-7-3-5-9-19(16)28-22-13-21(26-15-27-22)23(29)24-12-11-17-14-25-20-10-6-4-8-18(17)20/h3-10,13-15,25H,2,11-12H2,1H3,(H,24,29)(H,26,27,28). The highest BCUT2D eigenvalue weighted by Crippen LogP contribution is 2.20. The van der Waals surface area contributed by atoms with E-state index in [1.165, 1.54) is 22.8 Å². The van der Waals surface area contributed by atoms with Crippen LogP contribution in [-0.4, -0.2) is 27.4 Å². The van der Waals surface area contributed by atoms with Gasteiger partial charge in [-0.1, -0.05) is 43.3 Å². The topological polar surface area (TPSA) is 82.7 Å². The van der Waals surface area contributed by atoms with Gasteiger partial charge in [-0.05, 0) is 36.1 Å². The van der Waals surface area contributed by atoms with Gasteiger partial charge >= 0.3 is 0 Å². The van der Waals surface area contributed by atoms with Crippen LogP contribution in [0.3, 0.4) is 0 Å². The number of para-hydroxylation sites is 2. The maximum atomic E-state index is 12.5. The molecule has 146 valence electrons. The number of H-pyrrole nitrogens is 1. The van der Waals surface area contributed by atoms with Crippen LogP contribution in [0, 0.1) is 0 Å². The van der Waals surface area contributed by atoms with Crippen molar-refractivity contribution in [2.24, 2.45) is 0 Å². The zero-order valence-corrected chi connectivity index (χ0v) is 16.3. The molecule has 0 unspecified atom stereocenters. The Morgan fingerprint density at radius 1 is 1.03 bits per heavy atom. The van der Waals surface area contributed by atoms with Gasteiger partial charge in [-0.15, -0.1) is 0 Å². The molecule has 0 saturated heterocycles. The van der Waals surface area contributed by atoms with E-state index in [-0.39, 0.29) is 5.91 Å². The van der Waals surface area contributed by atoms with E-state index in [0.29, 0.717) is 18.1 Å². The first-order chi connectivity index (χ1) is 14.2. The van der Waals surface area contributed by atoms with Gasteiger partial charge < -0.3 is 15.6 Å². The lowest BCUT2D eigenvalue weighted by Crippen LogP contribution is -2.26. The molecule has 0 spiro atoms. The predicted molar refractivity (Wildman–Crippen MR) is 115 cm³/mol. The molecule has 1 amide bonds. The molecule has 3 N–H and O–H groups in total. The second-order valence-corrected chi connectivity index (χ2v) is 6.79. The van der Waals surface area contributed by atoms with Gasteiger partial charge in [-0.2, -0.15) is 0 Å². The fourth-order valence-electron chi connectivity index (χ4n) is 3.38. The quantitative estimate of drug-likeness (QED) is 0.444. The van der Waals surface area contributed by atoms with Crippen molar-refractivity contribution in [3.63, 3.8) is 0 Å². The highest BCUT2D eigenvalue weighted by molar-refractivity contribution is 5.93. The normalized spacial score (nSPS) is 10.8. The molecule has 0 aliphatic rings. The average molecular weight is 385 g/mol. The lowest BCUT2D eigenvalue weighted by molar-refractivity contribution is 0.0949. The Kier molecular flexibility index (Phi) is 5.52. The number of carbonyl (C=O) groups excluding carboxylic acids is 1. The molecule has 0 aliphatic heterocycles. The summed E-state index contributed by atoms with van der Waals surface area (Å²) in [6.45, 7) is 2.64. The third kappa shape index (κ3) is 4.27. The van der Waals surface area contributed by atoms with Crippen molar-refractivity contribution in [2.75, 3.05) is 11.9 Å². The fraction of sp³-hybridized carbons (Fsp3) is 0.174. The molecule has 2 aromatic carbocycles. The molecular weight excluding hydrogens is 362 g/mol. The lowest BCUT2D eigenvalue weighted by atomic mass is 10.1. The minimum Gasteiger partial charge on any atom is -0.361 e. The van der Waals surface area contributed by atoms with Crippen molar-refractivity contribution < 1.29 is 4.79 Å². The molecule has 0 saturated carbocycles. The highest BCUT2D eigenvalue weighted by atomic mass is 16.1. The summed E-state index contributed by atoms with van der Waals surface area (Å²) in [5, 5.41) is 7.41. The van der Waals surface area contributed by atoms with Gasteiger partial charge in [-0.3, -0.25) is 4.79 Å². The number of aromatic nitrogens is 3. The molecule has 6 nitrogen and oxygen atoms in total. The Hall–Kier alpha value is -3.67. The molecule has 0 fully saturated rings. The van der Waals surface area contributed by atoms with Crippen molar-refractivity contribution >= 4 is 28.3 Å². The number of carbonyl (C=O) groups is 1. The summed E-state index contributed by atoms with van der Waals surface area (Å²) in [4.78, 5) is 24.1. The Bertz CT molecular complexity index is 1130. The number of rotatable bonds is 7. The van der Waals surface area contributed by atoms with Crippen LogP contribution in [0.5, 0.6) is 0 Å². The van der Waals surface area contributed by atoms with E-state index in [0.717, 1.165) is 24.0 Å². The lowest BCUT2D eigenvalue weighted by Gasteiger charge is -2.10. The molecule has 2 heterocycles. The van der Waals surface area contributed by atoms with Crippen molar-refractivity contribution in [3.8, 4) is 0 Å². The second kappa shape index (κ2) is 8.56. The van der Waals surface area contributed by atoms with Gasteiger partial charge in [0.1, 0.15) is 17.8 Å². The molecular formula is C23H23N5O. The van der Waals surface area contributed by atoms with E-state index in [2.05, 4.69) is 44.6 Å². The van der Waals surface area contributed by atoms with Crippen LogP contribution in [0.25, 0.3) is 10.9 Å². The summed E-state index contributed by atoms with van der Waals surface area (Å²) in [5.74, 6) is 0.391. The molecule has 0 atom stereocenters. The number of hydrogen-bond donors (Lipinski definition) is 3. The van der Waals surface area contributed by atoms with Gasteiger partial charge in [0.2, 0.25) is 0 Å². The first-order valence-corrected chi connectivity index (χ1v) is 9.74. The van der Waals surface area contributed by atoms with Crippen LogP contribution >= 0.6 is 0 Å². The molecule has 0 bridgehead atoms. The van der Waals surface area contributed by atoms with Crippen LogP contribution in [0.4, 0.5) is 11.5 Å². The summed E-state index contributed by atoms with van der Waals surface area (Å²) in [6, 6.07) is 17.9. The third-order valence-corrected chi connectivity index (χ3v) is 4.92. The Balaban J connectivity index is 1.39. The molecule has 2 aromatic heterocycles. The summed E-state index contributed by atoms with van der Waals surface area (Å²) in [7, 11) is 0. The summed E-state index contributed by atoms with van der Waals surface area (Å²) in [5.41, 5.74) is 4.81. The van der Waals surface area contributed by atoms with Gasteiger partial charge in [0, 0.05) is 35.4 Å². The third-order valence-electron chi connectivity index (χ3n) is 4.92. The van der Waals surface area contributed by atoms with Crippen LogP contribution in [0.1, 0.15) is 28.5 Å². The van der Waals surface area contributed by atoms with Crippen molar-refractivity contribution in [3.05, 3.63) is 83.9 Å². The fourth-order valence-corrected chi connectivity index (χ4v) is 3.38. The van der Waals surface area contributed by atoms with Crippen LogP contribution < -0.4 is 10.6 Å². The predicted octanol–water partition coefficient (Wildman–Crippen LogP) is 4.24. The summed E-state index contributed by atoms with van der Waals surface area (Å²) >= 11 is 0. The minimum atomic E-state index is -0.209. The van der Waals surface area contributed by atoms with Crippen molar-refractivity contribution in [1.29, 1.82) is 0 Å². The smallest absolute Gasteiger partial charge is 0.270 e. The van der Waals surface area contributed by atoms with E-state index in [1.807, 2.05) is 42.6 Å². The monoisotopic (exact) mass is 385 g/mol. The number of anilines is 2. The largest absolute Gasteiger partial charge is 0.361 e. The molecule has 4 rings (SSSR count). The second-order valence-electron chi connectivity index (χ2n) is 6.79. The number of amides is 1. The van der Waals surface area contributed by atoms with Gasteiger partial charge in [0.25, 0.3) is 5.91 Å². The zero-order valence-electron chi connectivity index (χ0n) is 16.3. The first-order valence-electron chi connectivity index (χ1n) is 9.74. The SMILES string of the molecule is CCc1ccccc1Nc1cc(C(=O)NCCc2c[nH]c3ccccc23)ncn1. The van der Waals surface area contributed by atoms with Crippen LogP contribution in [-0.2, 0) is 12.8 Å². The first kappa shape index (κ1) is 18.7. The maximum Gasteiger partial charge on any atom is 0.270 e. The number of nitrogens with zero attached hydrogens (tertiary/aromatic N) is 2. The maximum absolute atomic E-state index is 12.5. The minimum absolute atomic E-state index is 0.209. The summed E-state index contributed by atoms with van der Waals surface area (Å²) in [6.07, 6.45) is 5.06. The van der Waals surface area contributed by atoms with E-state index in [9.17, 15) is 4.79 Å². The average Bonchev–Trinajstić information content (AvgIpc) is 3.17. The molecule has 6 heteroatoms. The summed E-state index contributed by atoms with van der Waals surface area (Å²) < 4.78 is 0. The molecule has 4 aromatic rings. The zero-order chi connectivity index (χ0) is 20.1. The van der Waals surface area contributed by atoms with Crippen molar-refractivity contribution in [2.45, 2.75) is 19.8 Å². The van der Waals surface area contributed by atoms with E-state index in [4.69, 9.17) is 0 Å². The van der Waals surface area contributed by atoms with E-state index >= 15 is 0 Å². The highest BCUT2D eigenvalue weighted by Gasteiger charge is 2.10. The molecule has 29 heavy (non-hydrogen) atoms. The van der Waals surface area contributed by atoms with E-state index in [1.54, 1.807) is 6.07 Å². The number of hydrogen-bond acceptors (Lipinski definition) is 4. The Morgan fingerprint density at radius 2 is 1.86 bits per heavy atom. The van der Waals surface area contributed by atoms with Crippen LogP contribution in [0.2, 0.25) is 0 Å². The number of nitrogens with one attached hydrogen (secondary N) is 3. The molecule has 0 radical (unpaired) electrons. The van der Waals surface area contributed by atoms with Gasteiger partial charge in [-0.25, -0.2) is 9.97 Å².